The molecule has 0 atom stereocenters. The number of hydrogen-bond donors (Lipinski definition) is 2. The van der Waals surface area contributed by atoms with Crippen molar-refractivity contribution in [3.8, 4) is 6.01 Å². The van der Waals surface area contributed by atoms with E-state index in [9.17, 15) is 4.79 Å². The van der Waals surface area contributed by atoms with Gasteiger partial charge in [-0.05, 0) is 20.8 Å². The Morgan fingerprint density at radius 3 is 2.89 bits per heavy atom. The molecule has 0 aliphatic carbocycles. The molecular formula is C10H13N5O3. The first-order valence-electron chi connectivity index (χ1n) is 5.41. The van der Waals surface area contributed by atoms with E-state index in [-0.39, 0.29) is 17.9 Å². The third-order valence-corrected chi connectivity index (χ3v) is 2.23. The molecule has 2 aromatic rings. The summed E-state index contributed by atoms with van der Waals surface area (Å²) in [7, 11) is 0. The molecule has 2 rings (SSSR count). The van der Waals surface area contributed by atoms with Crippen LogP contribution in [0.2, 0.25) is 0 Å². The molecule has 0 saturated heterocycles. The molecule has 0 aromatic carbocycles. The summed E-state index contributed by atoms with van der Waals surface area (Å²) in [5.74, 6) is 0.309. The predicted octanol–water partition coefficient (Wildman–Crippen LogP) is 1.06. The molecule has 18 heavy (non-hydrogen) atoms. The smallest absolute Gasteiger partial charge is 0.337 e. The van der Waals surface area contributed by atoms with Crippen LogP contribution in [0.25, 0.3) is 0 Å². The first-order valence-corrected chi connectivity index (χ1v) is 5.41. The quantitative estimate of drug-likeness (QED) is 0.841. The minimum Gasteiger partial charge on any atom is -0.463 e. The van der Waals surface area contributed by atoms with Crippen LogP contribution >= 0.6 is 0 Å². The number of rotatable bonds is 4. The van der Waals surface area contributed by atoms with Crippen molar-refractivity contribution in [3.63, 3.8) is 0 Å². The average Bonchev–Trinajstić information content (AvgIpc) is 2.87. The molecule has 2 N–H and O–H groups in total. The number of hydrogen-bond acceptors (Lipinski definition) is 6. The fraction of sp³-hybridized carbons (Fsp3) is 0.400. The van der Waals surface area contributed by atoms with Gasteiger partial charge in [-0.25, -0.2) is 5.10 Å². The Labute approximate surface area is 103 Å². The van der Waals surface area contributed by atoms with Crippen LogP contribution < -0.4 is 10.1 Å². The molecule has 2 aromatic heterocycles. The van der Waals surface area contributed by atoms with E-state index in [1.54, 1.807) is 13.8 Å². The summed E-state index contributed by atoms with van der Waals surface area (Å²) >= 11 is 0. The Bertz CT molecular complexity index is 540. The van der Waals surface area contributed by atoms with Gasteiger partial charge in [0.1, 0.15) is 11.3 Å². The first kappa shape index (κ1) is 12.1. The number of aromatic nitrogens is 4. The number of aryl methyl sites for hydroxylation is 2. The molecule has 1 amide bonds. The summed E-state index contributed by atoms with van der Waals surface area (Å²) < 4.78 is 9.99. The van der Waals surface area contributed by atoms with Crippen LogP contribution in [0.1, 0.15) is 28.7 Å². The normalized spacial score (nSPS) is 10.4. The van der Waals surface area contributed by atoms with Gasteiger partial charge < -0.3 is 9.26 Å². The van der Waals surface area contributed by atoms with Crippen molar-refractivity contribution in [1.82, 2.24) is 20.3 Å². The van der Waals surface area contributed by atoms with E-state index in [0.717, 1.165) is 0 Å². The summed E-state index contributed by atoms with van der Waals surface area (Å²) in [6, 6.07) is 0.187. The van der Waals surface area contributed by atoms with Gasteiger partial charge >= 0.3 is 6.01 Å². The second-order valence-corrected chi connectivity index (χ2v) is 3.55. The van der Waals surface area contributed by atoms with Crippen molar-refractivity contribution in [1.29, 1.82) is 0 Å². The number of anilines is 1. The number of amides is 1. The van der Waals surface area contributed by atoms with Crippen LogP contribution in [0.3, 0.4) is 0 Å². The van der Waals surface area contributed by atoms with Crippen LogP contribution in [-0.2, 0) is 0 Å². The maximum atomic E-state index is 11.9. The molecule has 0 radical (unpaired) electrons. The van der Waals surface area contributed by atoms with Crippen LogP contribution in [0.15, 0.2) is 4.52 Å². The first-order chi connectivity index (χ1) is 8.61. The molecule has 0 aliphatic heterocycles. The van der Waals surface area contributed by atoms with Crippen LogP contribution in [0, 0.1) is 13.8 Å². The highest BCUT2D eigenvalue weighted by Gasteiger charge is 2.18. The maximum absolute atomic E-state index is 11.9. The van der Waals surface area contributed by atoms with E-state index in [0.29, 0.717) is 23.6 Å². The predicted molar refractivity (Wildman–Crippen MR) is 61.5 cm³/mol. The van der Waals surface area contributed by atoms with Crippen molar-refractivity contribution >= 4 is 11.9 Å². The van der Waals surface area contributed by atoms with Crippen LogP contribution in [0.4, 0.5) is 5.95 Å². The zero-order valence-corrected chi connectivity index (χ0v) is 10.3. The largest absolute Gasteiger partial charge is 0.463 e. The Balaban J connectivity index is 2.11. The Kier molecular flexibility index (Phi) is 3.26. The molecule has 2 heterocycles. The molecule has 0 aliphatic rings. The van der Waals surface area contributed by atoms with Crippen molar-refractivity contribution in [2.45, 2.75) is 20.8 Å². The number of aromatic amines is 1. The third kappa shape index (κ3) is 2.31. The summed E-state index contributed by atoms with van der Waals surface area (Å²) in [5, 5.41) is 12.6. The van der Waals surface area contributed by atoms with Crippen molar-refractivity contribution in [3.05, 3.63) is 17.0 Å². The van der Waals surface area contributed by atoms with E-state index in [1.807, 2.05) is 6.92 Å². The maximum Gasteiger partial charge on any atom is 0.337 e. The minimum atomic E-state index is -0.356. The van der Waals surface area contributed by atoms with Crippen molar-refractivity contribution < 1.29 is 14.1 Å². The van der Waals surface area contributed by atoms with Gasteiger partial charge in [-0.2, -0.15) is 4.98 Å². The molecule has 0 spiro atoms. The zero-order valence-electron chi connectivity index (χ0n) is 10.3. The van der Waals surface area contributed by atoms with Crippen LogP contribution in [0.5, 0.6) is 6.01 Å². The van der Waals surface area contributed by atoms with Gasteiger partial charge in [0.05, 0.1) is 12.3 Å². The van der Waals surface area contributed by atoms with E-state index in [2.05, 4.69) is 25.7 Å². The highest BCUT2D eigenvalue weighted by atomic mass is 16.5. The van der Waals surface area contributed by atoms with Gasteiger partial charge in [0, 0.05) is 0 Å². The Hall–Kier alpha value is -2.38. The fourth-order valence-corrected chi connectivity index (χ4v) is 1.47. The highest BCUT2D eigenvalue weighted by Crippen LogP contribution is 2.14. The van der Waals surface area contributed by atoms with Gasteiger partial charge in [0.25, 0.3) is 5.91 Å². The highest BCUT2D eigenvalue weighted by molar-refractivity contribution is 6.04. The topological polar surface area (TPSA) is 106 Å². The number of nitrogens with one attached hydrogen (secondary N) is 2. The summed E-state index contributed by atoms with van der Waals surface area (Å²) in [5.41, 5.74) is 0.916. The van der Waals surface area contributed by atoms with Gasteiger partial charge in [0.2, 0.25) is 5.95 Å². The van der Waals surface area contributed by atoms with Crippen molar-refractivity contribution in [2.75, 3.05) is 11.9 Å². The molecule has 0 saturated carbocycles. The van der Waals surface area contributed by atoms with E-state index >= 15 is 0 Å². The number of nitrogens with zero attached hydrogens (tertiary/aromatic N) is 3. The lowest BCUT2D eigenvalue weighted by molar-refractivity contribution is 0.102. The molecule has 0 bridgehead atoms. The monoisotopic (exact) mass is 251 g/mol. The minimum absolute atomic E-state index is 0.187. The second-order valence-electron chi connectivity index (χ2n) is 3.55. The summed E-state index contributed by atoms with van der Waals surface area (Å²) in [6.45, 7) is 5.63. The summed E-state index contributed by atoms with van der Waals surface area (Å²) in [4.78, 5) is 15.9. The number of ether oxygens (including phenoxy) is 1. The zero-order chi connectivity index (χ0) is 13.1. The van der Waals surface area contributed by atoms with Gasteiger partial charge in [-0.15, -0.1) is 5.10 Å². The van der Waals surface area contributed by atoms with E-state index < -0.39 is 0 Å². The molecule has 8 heteroatoms. The Morgan fingerprint density at radius 2 is 2.28 bits per heavy atom. The van der Waals surface area contributed by atoms with E-state index in [4.69, 9.17) is 9.26 Å². The lowest BCUT2D eigenvalue weighted by atomic mass is 10.2. The average molecular weight is 251 g/mol. The third-order valence-electron chi connectivity index (χ3n) is 2.23. The molecular weight excluding hydrogens is 238 g/mol. The molecule has 0 unspecified atom stereocenters. The number of H-pyrrole nitrogens is 1. The second kappa shape index (κ2) is 4.86. The molecule has 8 nitrogen and oxygen atoms in total. The van der Waals surface area contributed by atoms with E-state index in [1.165, 1.54) is 0 Å². The standard InChI is InChI=1S/C10H13N5O3/c1-4-17-10-12-9(13-14-10)11-8(16)7-5(2)15-18-6(7)3/h4H2,1-3H3,(H2,11,12,13,14,16). The molecule has 0 fully saturated rings. The van der Waals surface area contributed by atoms with Gasteiger partial charge in [-0.3, -0.25) is 10.1 Å². The SMILES string of the molecule is CCOc1n[nH]c(NC(=O)c2c(C)noc2C)n1. The van der Waals surface area contributed by atoms with Gasteiger partial charge in [0.15, 0.2) is 0 Å². The van der Waals surface area contributed by atoms with Crippen LogP contribution in [-0.4, -0.2) is 32.9 Å². The fourth-order valence-electron chi connectivity index (χ4n) is 1.47. The Morgan fingerprint density at radius 1 is 1.50 bits per heavy atom. The lowest BCUT2D eigenvalue weighted by Crippen LogP contribution is -2.14. The van der Waals surface area contributed by atoms with Gasteiger partial charge in [-0.1, -0.05) is 5.16 Å². The van der Waals surface area contributed by atoms with Crippen molar-refractivity contribution in [2.24, 2.45) is 0 Å². The number of carbonyl (C=O) groups excluding carboxylic acids is 1. The number of carbonyl (C=O) groups is 1. The lowest BCUT2D eigenvalue weighted by Gasteiger charge is -1.99. The molecule has 96 valence electrons. The summed E-state index contributed by atoms with van der Waals surface area (Å²) in [6.07, 6.45) is 0.